The summed E-state index contributed by atoms with van der Waals surface area (Å²) in [7, 11) is 3.96. The number of carbonyl (C=O) groups is 1. The van der Waals surface area contributed by atoms with Crippen LogP contribution < -0.4 is 5.73 Å². The quantitative estimate of drug-likeness (QED) is 0.743. The zero-order valence-electron chi connectivity index (χ0n) is 9.72. The van der Waals surface area contributed by atoms with Crippen molar-refractivity contribution < 1.29 is 9.53 Å². The van der Waals surface area contributed by atoms with Crippen molar-refractivity contribution in [2.75, 3.05) is 13.6 Å². The van der Waals surface area contributed by atoms with Crippen molar-refractivity contribution in [2.24, 2.45) is 5.73 Å². The van der Waals surface area contributed by atoms with Gasteiger partial charge in [0.1, 0.15) is 6.10 Å². The molecule has 0 aliphatic rings. The van der Waals surface area contributed by atoms with Crippen LogP contribution in [0.5, 0.6) is 0 Å². The van der Waals surface area contributed by atoms with Crippen LogP contribution in [0.3, 0.4) is 0 Å². The molecule has 16 heavy (non-hydrogen) atoms. The van der Waals surface area contributed by atoms with Gasteiger partial charge in [-0.3, -0.25) is 0 Å². The monoisotopic (exact) mass is 220 g/mol. The van der Waals surface area contributed by atoms with Crippen LogP contribution in [0.2, 0.25) is 0 Å². The summed E-state index contributed by atoms with van der Waals surface area (Å²) in [6, 6.07) is 9.63. The molecule has 0 aliphatic heterocycles. The first-order chi connectivity index (χ1) is 7.59. The predicted molar refractivity (Wildman–Crippen MR) is 65.6 cm³/mol. The minimum atomic E-state index is -0.729. The number of primary amides is 1. The van der Waals surface area contributed by atoms with Gasteiger partial charge in [0.25, 0.3) is 0 Å². The van der Waals surface area contributed by atoms with Crippen molar-refractivity contribution in [3.8, 4) is 0 Å². The molecule has 0 fully saturated rings. The van der Waals surface area contributed by atoms with Gasteiger partial charge in [-0.1, -0.05) is 30.3 Å². The van der Waals surface area contributed by atoms with E-state index in [9.17, 15) is 4.79 Å². The molecule has 0 saturated carbocycles. The average Bonchev–Trinajstić information content (AvgIpc) is 2.25. The first-order valence-electron chi connectivity index (χ1n) is 5.25. The Morgan fingerprint density at radius 2 is 2.12 bits per heavy atom. The fourth-order valence-corrected chi connectivity index (χ4v) is 1.48. The van der Waals surface area contributed by atoms with Crippen LogP contribution in [0.4, 0.5) is 4.79 Å². The Morgan fingerprint density at radius 1 is 1.50 bits per heavy atom. The van der Waals surface area contributed by atoms with Crippen molar-refractivity contribution in [3.05, 3.63) is 35.9 Å². The molecule has 0 spiro atoms. The number of carbonyl (C=O) groups excluding carboxylic acids is 1. The Morgan fingerprint density at radius 3 is 2.62 bits per heavy atom. The summed E-state index contributed by atoms with van der Waals surface area (Å²) in [6.45, 7) is 0.840. The highest BCUT2D eigenvalue weighted by molar-refractivity contribution is 6.04. The van der Waals surface area contributed by atoms with Gasteiger partial charge in [0, 0.05) is 6.42 Å². The van der Waals surface area contributed by atoms with Crippen LogP contribution in [0.25, 0.3) is 0 Å². The van der Waals surface area contributed by atoms with E-state index < -0.39 is 6.09 Å². The van der Waals surface area contributed by atoms with Gasteiger partial charge in [0.05, 0.1) is 0 Å². The molecular weight excluding hydrogens is 203 g/mol. The number of hydrogen-bond acceptors (Lipinski definition) is 3. The maximum atomic E-state index is 10.8. The number of hydrogen-bond donors (Lipinski definition) is 1. The van der Waals surface area contributed by atoms with E-state index in [-0.39, 0.29) is 6.10 Å². The minimum Gasteiger partial charge on any atom is -0.441 e. The lowest BCUT2D eigenvalue weighted by Gasteiger charge is -2.19. The molecule has 4 nitrogen and oxygen atoms in total. The lowest BCUT2D eigenvalue weighted by atomic mass is 10.1. The molecule has 2 N–H and O–H groups in total. The Hall–Kier alpha value is -1.49. The minimum absolute atomic E-state index is 0.263. The maximum Gasteiger partial charge on any atom is 0.405 e. The summed E-state index contributed by atoms with van der Waals surface area (Å²) in [5.41, 5.74) is 6.04. The van der Waals surface area contributed by atoms with E-state index in [2.05, 4.69) is 0 Å². The third kappa shape index (κ3) is 4.36. The summed E-state index contributed by atoms with van der Waals surface area (Å²) < 4.78 is 5.10. The number of rotatable bonds is 5. The van der Waals surface area contributed by atoms with Crippen molar-refractivity contribution in [2.45, 2.75) is 12.5 Å². The SMILES string of the molecule is BN(C)CCC(OC(N)=O)c1ccccc1. The molecule has 1 atom stereocenters. The highest BCUT2D eigenvalue weighted by Crippen LogP contribution is 2.20. The zero-order chi connectivity index (χ0) is 12.0. The number of amides is 1. The zero-order valence-corrected chi connectivity index (χ0v) is 9.72. The summed E-state index contributed by atoms with van der Waals surface area (Å²) in [4.78, 5) is 12.9. The van der Waals surface area contributed by atoms with Crippen molar-refractivity contribution in [1.82, 2.24) is 4.81 Å². The topological polar surface area (TPSA) is 55.6 Å². The molecule has 0 aliphatic carbocycles. The number of nitrogens with two attached hydrogens (primary N) is 1. The molecule has 1 aromatic carbocycles. The van der Waals surface area contributed by atoms with E-state index in [1.165, 1.54) is 0 Å². The average molecular weight is 220 g/mol. The maximum absolute atomic E-state index is 10.8. The number of ether oxygens (including phenoxy) is 1. The Bertz CT molecular complexity index is 330. The molecule has 0 saturated heterocycles. The van der Waals surface area contributed by atoms with Crippen LogP contribution in [-0.2, 0) is 4.74 Å². The molecule has 5 heteroatoms. The lowest BCUT2D eigenvalue weighted by molar-refractivity contribution is 0.0986. The van der Waals surface area contributed by atoms with Crippen molar-refractivity contribution in [1.29, 1.82) is 0 Å². The number of benzene rings is 1. The molecule has 0 bridgehead atoms. The van der Waals surface area contributed by atoms with Gasteiger partial charge in [-0.25, -0.2) is 4.79 Å². The van der Waals surface area contributed by atoms with Crippen molar-refractivity contribution >= 4 is 14.1 Å². The van der Waals surface area contributed by atoms with Crippen LogP contribution in [-0.4, -0.2) is 32.5 Å². The van der Waals surface area contributed by atoms with Crippen LogP contribution >= 0.6 is 0 Å². The first kappa shape index (κ1) is 12.6. The summed E-state index contributed by atoms with van der Waals surface area (Å²) in [6.07, 6.45) is -0.256. The fraction of sp³-hybridized carbons (Fsp3) is 0.364. The van der Waals surface area contributed by atoms with Gasteiger partial charge >= 0.3 is 6.09 Å². The summed E-state index contributed by atoms with van der Waals surface area (Å²) in [5.74, 6) is 0. The van der Waals surface area contributed by atoms with E-state index in [1.807, 2.05) is 50.2 Å². The van der Waals surface area contributed by atoms with Crippen molar-refractivity contribution in [3.63, 3.8) is 0 Å². The largest absolute Gasteiger partial charge is 0.441 e. The fourth-order valence-electron chi connectivity index (χ4n) is 1.48. The molecular formula is C11H17BN2O2. The number of nitrogens with zero attached hydrogens (tertiary/aromatic N) is 1. The van der Waals surface area contributed by atoms with Crippen LogP contribution in [0.1, 0.15) is 18.1 Å². The van der Waals surface area contributed by atoms with E-state index in [1.54, 1.807) is 0 Å². The van der Waals surface area contributed by atoms with Gasteiger partial charge in [0.15, 0.2) is 7.98 Å². The highest BCUT2D eigenvalue weighted by atomic mass is 16.6. The second-order valence-electron chi connectivity index (χ2n) is 3.93. The van der Waals surface area contributed by atoms with E-state index >= 15 is 0 Å². The van der Waals surface area contributed by atoms with Crippen LogP contribution in [0, 0.1) is 0 Å². The first-order valence-corrected chi connectivity index (χ1v) is 5.25. The third-order valence-corrected chi connectivity index (χ3v) is 2.27. The molecule has 1 unspecified atom stereocenters. The van der Waals surface area contributed by atoms with Crippen LogP contribution in [0.15, 0.2) is 30.3 Å². The van der Waals surface area contributed by atoms with E-state index in [0.29, 0.717) is 0 Å². The van der Waals surface area contributed by atoms with Gasteiger partial charge in [-0.2, -0.15) is 0 Å². The Balaban J connectivity index is 2.67. The third-order valence-electron chi connectivity index (χ3n) is 2.27. The molecule has 0 radical (unpaired) electrons. The van der Waals surface area contributed by atoms with Gasteiger partial charge in [-0.05, 0) is 19.2 Å². The molecule has 1 aromatic rings. The highest BCUT2D eigenvalue weighted by Gasteiger charge is 2.14. The Kier molecular flexibility index (Phi) is 4.86. The van der Waals surface area contributed by atoms with E-state index in [0.717, 1.165) is 18.5 Å². The van der Waals surface area contributed by atoms with Gasteiger partial charge in [0.2, 0.25) is 0 Å². The summed E-state index contributed by atoms with van der Waals surface area (Å²) in [5, 5.41) is 0. The molecule has 1 amide bonds. The second kappa shape index (κ2) is 6.17. The molecule has 86 valence electrons. The smallest absolute Gasteiger partial charge is 0.405 e. The second-order valence-corrected chi connectivity index (χ2v) is 3.93. The molecule has 0 heterocycles. The molecule has 0 aromatic heterocycles. The predicted octanol–water partition coefficient (Wildman–Crippen LogP) is 0.693. The summed E-state index contributed by atoms with van der Waals surface area (Å²) >= 11 is 0. The van der Waals surface area contributed by atoms with Gasteiger partial charge in [-0.15, -0.1) is 0 Å². The molecule has 1 rings (SSSR count). The Labute approximate surface area is 96.8 Å². The van der Waals surface area contributed by atoms with E-state index in [4.69, 9.17) is 10.5 Å². The lowest BCUT2D eigenvalue weighted by Crippen LogP contribution is -2.22. The normalized spacial score (nSPS) is 12.4. The van der Waals surface area contributed by atoms with Gasteiger partial charge < -0.3 is 15.3 Å². The standard InChI is InChI=1S/C11H17BN2O2/c1-14(12)8-7-10(16-11(13)15)9-5-3-2-4-6-9/h2-6,10H,7-8,12H2,1H3,(H2,13,15).